The lowest BCUT2D eigenvalue weighted by Gasteiger charge is -2.08. The first kappa shape index (κ1) is 17.4. The summed E-state index contributed by atoms with van der Waals surface area (Å²) < 4.78 is 1.87. The molecule has 0 unspecified atom stereocenters. The Labute approximate surface area is 125 Å². The summed E-state index contributed by atoms with van der Waals surface area (Å²) >= 11 is 1.71. The van der Waals surface area contributed by atoms with Gasteiger partial charge in [-0.25, -0.2) is 4.68 Å². The predicted octanol–water partition coefficient (Wildman–Crippen LogP) is 1.56. The van der Waals surface area contributed by atoms with Gasteiger partial charge in [0.15, 0.2) is 0 Å². The predicted molar refractivity (Wildman–Crippen MR) is 81.8 cm³/mol. The molecule has 6 nitrogen and oxygen atoms in total. The van der Waals surface area contributed by atoms with Crippen molar-refractivity contribution in [3.05, 3.63) is 0 Å². The van der Waals surface area contributed by atoms with Gasteiger partial charge in [0.1, 0.15) is 0 Å². The molecule has 0 aliphatic carbocycles. The van der Waals surface area contributed by atoms with Gasteiger partial charge in [0, 0.05) is 18.9 Å². The van der Waals surface area contributed by atoms with Gasteiger partial charge in [0.2, 0.25) is 5.16 Å². The minimum Gasteiger partial charge on any atom is -0.396 e. The van der Waals surface area contributed by atoms with Gasteiger partial charge < -0.3 is 10.4 Å². The van der Waals surface area contributed by atoms with Gasteiger partial charge in [-0.3, -0.25) is 0 Å². The molecule has 1 heterocycles. The van der Waals surface area contributed by atoms with Crippen LogP contribution in [-0.2, 0) is 6.54 Å². The summed E-state index contributed by atoms with van der Waals surface area (Å²) in [7, 11) is 0. The molecule has 0 spiro atoms. The van der Waals surface area contributed by atoms with E-state index in [0.29, 0.717) is 12.5 Å². The van der Waals surface area contributed by atoms with Gasteiger partial charge in [-0.2, -0.15) is 0 Å². The Bertz CT molecular complexity index is 345. The minimum atomic E-state index is 0.300. The monoisotopic (exact) mass is 301 g/mol. The highest BCUT2D eigenvalue weighted by atomic mass is 32.2. The van der Waals surface area contributed by atoms with E-state index >= 15 is 0 Å². The quantitative estimate of drug-likeness (QED) is 0.451. The van der Waals surface area contributed by atoms with Crippen molar-refractivity contribution in [1.29, 1.82) is 0 Å². The number of hydrogen-bond donors (Lipinski definition) is 2. The summed E-state index contributed by atoms with van der Waals surface area (Å²) in [4.78, 5) is 0. The molecule has 0 aliphatic rings. The van der Waals surface area contributed by atoms with E-state index in [2.05, 4.69) is 34.7 Å². The number of aliphatic hydroxyl groups is 1. The number of hydrogen-bond acceptors (Lipinski definition) is 6. The summed E-state index contributed by atoms with van der Waals surface area (Å²) in [6.45, 7) is 7.42. The third-order valence-electron chi connectivity index (χ3n) is 2.84. The smallest absolute Gasteiger partial charge is 0.209 e. The van der Waals surface area contributed by atoms with Crippen molar-refractivity contribution >= 4 is 11.8 Å². The zero-order chi connectivity index (χ0) is 14.6. The van der Waals surface area contributed by atoms with Crippen LogP contribution in [0.15, 0.2) is 5.16 Å². The third kappa shape index (κ3) is 7.81. The van der Waals surface area contributed by atoms with Gasteiger partial charge in [-0.1, -0.05) is 38.5 Å². The van der Waals surface area contributed by atoms with Crippen LogP contribution in [0, 0.1) is 5.92 Å². The van der Waals surface area contributed by atoms with Crippen LogP contribution in [0.25, 0.3) is 0 Å². The van der Waals surface area contributed by atoms with Crippen molar-refractivity contribution < 1.29 is 5.11 Å². The molecule has 7 heteroatoms. The highest BCUT2D eigenvalue weighted by Crippen LogP contribution is 2.16. The molecule has 0 saturated heterocycles. The molecule has 0 radical (unpaired) electrons. The van der Waals surface area contributed by atoms with E-state index in [9.17, 15) is 0 Å². The van der Waals surface area contributed by atoms with E-state index < -0.39 is 0 Å². The second-order valence-electron chi connectivity index (χ2n) is 5.27. The molecular weight excluding hydrogens is 274 g/mol. The number of rotatable bonds is 12. The van der Waals surface area contributed by atoms with E-state index in [0.717, 1.165) is 56.2 Å². The highest BCUT2D eigenvalue weighted by molar-refractivity contribution is 7.99. The van der Waals surface area contributed by atoms with E-state index in [4.69, 9.17) is 5.11 Å². The zero-order valence-electron chi connectivity index (χ0n) is 12.6. The maximum absolute atomic E-state index is 8.71. The van der Waals surface area contributed by atoms with E-state index in [-0.39, 0.29) is 0 Å². The van der Waals surface area contributed by atoms with E-state index in [1.54, 1.807) is 11.8 Å². The first-order valence-corrected chi connectivity index (χ1v) is 8.43. The molecule has 0 aliphatic heterocycles. The summed E-state index contributed by atoms with van der Waals surface area (Å²) in [5.41, 5.74) is 0. The molecular formula is C13H27N5OS. The number of tetrazole rings is 1. The maximum atomic E-state index is 8.71. The molecule has 1 rings (SSSR count). The minimum absolute atomic E-state index is 0.300. The molecule has 0 aromatic carbocycles. The fourth-order valence-corrected chi connectivity index (χ4v) is 2.65. The molecule has 0 bridgehead atoms. The van der Waals surface area contributed by atoms with Gasteiger partial charge in [0.05, 0.1) is 6.54 Å². The molecule has 2 N–H and O–H groups in total. The number of nitrogens with zero attached hydrogens (tertiary/aromatic N) is 4. The SMILES string of the molecule is CC(C)CNCCn1nnnc1SCCCCCCO. The lowest BCUT2D eigenvalue weighted by atomic mass is 10.2. The van der Waals surface area contributed by atoms with Crippen LogP contribution in [0.3, 0.4) is 0 Å². The Morgan fingerprint density at radius 1 is 1.25 bits per heavy atom. The Morgan fingerprint density at radius 2 is 2.05 bits per heavy atom. The number of aromatic nitrogens is 4. The average Bonchev–Trinajstić information content (AvgIpc) is 2.86. The van der Waals surface area contributed by atoms with Crippen LogP contribution in [0.5, 0.6) is 0 Å². The van der Waals surface area contributed by atoms with Crippen LogP contribution in [0.2, 0.25) is 0 Å². The third-order valence-corrected chi connectivity index (χ3v) is 3.88. The average molecular weight is 301 g/mol. The molecule has 0 amide bonds. The molecule has 0 saturated carbocycles. The van der Waals surface area contributed by atoms with Crippen LogP contribution in [0.1, 0.15) is 39.5 Å². The van der Waals surface area contributed by atoms with Crippen molar-refractivity contribution in [2.75, 3.05) is 25.4 Å². The first-order chi connectivity index (χ1) is 9.74. The lowest BCUT2D eigenvalue weighted by Crippen LogP contribution is -2.24. The molecule has 0 atom stereocenters. The van der Waals surface area contributed by atoms with E-state index in [1.165, 1.54) is 0 Å². The second kappa shape index (κ2) is 11.0. The van der Waals surface area contributed by atoms with Crippen LogP contribution in [0.4, 0.5) is 0 Å². The van der Waals surface area contributed by atoms with Gasteiger partial charge in [-0.05, 0) is 35.7 Å². The Balaban J connectivity index is 2.14. The Kier molecular flexibility index (Phi) is 9.61. The molecule has 1 aromatic rings. The number of thioether (sulfide) groups is 1. The van der Waals surface area contributed by atoms with Crippen molar-refractivity contribution in [2.24, 2.45) is 5.92 Å². The molecule has 1 aromatic heterocycles. The van der Waals surface area contributed by atoms with Gasteiger partial charge in [0.25, 0.3) is 0 Å². The van der Waals surface area contributed by atoms with Crippen molar-refractivity contribution in [2.45, 2.75) is 51.2 Å². The maximum Gasteiger partial charge on any atom is 0.209 e. The molecule has 116 valence electrons. The van der Waals surface area contributed by atoms with Crippen molar-refractivity contribution in [1.82, 2.24) is 25.5 Å². The van der Waals surface area contributed by atoms with Gasteiger partial charge >= 0.3 is 0 Å². The van der Waals surface area contributed by atoms with Crippen molar-refractivity contribution in [3.8, 4) is 0 Å². The summed E-state index contributed by atoms with van der Waals surface area (Å²) in [6.07, 6.45) is 4.30. The van der Waals surface area contributed by atoms with Crippen molar-refractivity contribution in [3.63, 3.8) is 0 Å². The Hall–Kier alpha value is -0.660. The number of unbranched alkanes of at least 4 members (excludes halogenated alkanes) is 3. The highest BCUT2D eigenvalue weighted by Gasteiger charge is 2.06. The normalized spacial score (nSPS) is 11.4. The number of nitrogens with one attached hydrogen (secondary N) is 1. The fourth-order valence-electron chi connectivity index (χ4n) is 1.75. The number of aliphatic hydroxyl groups excluding tert-OH is 1. The Morgan fingerprint density at radius 3 is 2.80 bits per heavy atom. The second-order valence-corrected chi connectivity index (χ2v) is 6.33. The largest absolute Gasteiger partial charge is 0.396 e. The van der Waals surface area contributed by atoms with Gasteiger partial charge in [-0.15, -0.1) is 5.10 Å². The van der Waals surface area contributed by atoms with Crippen LogP contribution >= 0.6 is 11.8 Å². The first-order valence-electron chi connectivity index (χ1n) is 7.44. The van der Waals surface area contributed by atoms with E-state index in [1.807, 2.05) is 4.68 Å². The fraction of sp³-hybridized carbons (Fsp3) is 0.923. The zero-order valence-corrected chi connectivity index (χ0v) is 13.4. The lowest BCUT2D eigenvalue weighted by molar-refractivity contribution is 0.283. The summed E-state index contributed by atoms with van der Waals surface area (Å²) in [5.74, 6) is 1.70. The topological polar surface area (TPSA) is 75.9 Å². The summed E-state index contributed by atoms with van der Waals surface area (Å²) in [5, 5.41) is 24.8. The molecule has 20 heavy (non-hydrogen) atoms. The standard InChI is InChI=1S/C13H27N5OS/c1-12(2)11-14-7-8-18-13(15-16-17-18)20-10-6-4-3-5-9-19/h12,14,19H,3-11H2,1-2H3. The molecule has 0 fully saturated rings. The van der Waals surface area contributed by atoms with Crippen LogP contribution in [-0.4, -0.2) is 50.8 Å². The summed E-state index contributed by atoms with van der Waals surface area (Å²) in [6, 6.07) is 0. The van der Waals surface area contributed by atoms with Crippen LogP contribution < -0.4 is 5.32 Å².